The van der Waals surface area contributed by atoms with E-state index < -0.39 is 34.5 Å². The zero-order valence-electron chi connectivity index (χ0n) is 18.2. The van der Waals surface area contributed by atoms with Crippen LogP contribution in [0.3, 0.4) is 0 Å². The Labute approximate surface area is 192 Å². The molecule has 0 radical (unpaired) electrons. The summed E-state index contributed by atoms with van der Waals surface area (Å²) in [6.45, 7) is 3.39. The van der Waals surface area contributed by atoms with Crippen molar-refractivity contribution in [1.82, 2.24) is 4.57 Å². The second-order valence-corrected chi connectivity index (χ2v) is 8.87. The molecule has 1 unspecified atom stereocenters. The van der Waals surface area contributed by atoms with Gasteiger partial charge in [0.25, 0.3) is 5.56 Å². The fourth-order valence-electron chi connectivity index (χ4n) is 3.29. The quantitative estimate of drug-likeness (QED) is 0.424. The third kappa shape index (κ3) is 5.35. The summed E-state index contributed by atoms with van der Waals surface area (Å²) in [6.07, 6.45) is -0.188. The lowest BCUT2D eigenvalue weighted by atomic mass is 10.0. The van der Waals surface area contributed by atoms with Gasteiger partial charge in [0.05, 0.1) is 17.0 Å². The van der Waals surface area contributed by atoms with Crippen LogP contribution in [-0.4, -0.2) is 25.9 Å². The third-order valence-corrected chi connectivity index (χ3v) is 6.01. The largest absolute Gasteiger partial charge is 0.593 e. The third-order valence-electron chi connectivity index (χ3n) is 5.04. The monoisotopic (exact) mass is 475 g/mol. The Bertz CT molecular complexity index is 1260. The molecule has 7 nitrogen and oxygen atoms in total. The van der Waals surface area contributed by atoms with Crippen molar-refractivity contribution in [2.24, 2.45) is 7.05 Å². The molecule has 174 valence electrons. The van der Waals surface area contributed by atoms with Crippen LogP contribution >= 0.6 is 0 Å². The number of nitrogens with zero attached hydrogens (tertiary/aromatic N) is 1. The van der Waals surface area contributed by atoms with Crippen LogP contribution in [0.2, 0.25) is 0 Å². The maximum absolute atomic E-state index is 14.9. The lowest BCUT2D eigenvalue weighted by Gasteiger charge is -2.17. The molecule has 0 spiro atoms. The van der Waals surface area contributed by atoms with Crippen LogP contribution < -0.4 is 15.6 Å². The summed E-state index contributed by atoms with van der Waals surface area (Å²) in [5.41, 5.74) is 0.0565. The first-order valence-electron chi connectivity index (χ1n) is 10.0. The number of carbonyl (C=O) groups is 1. The molecule has 1 heterocycles. The molecule has 3 aromatic rings. The van der Waals surface area contributed by atoms with E-state index in [9.17, 15) is 28.0 Å². The van der Waals surface area contributed by atoms with Crippen LogP contribution in [0.15, 0.2) is 47.3 Å². The zero-order chi connectivity index (χ0) is 24.3. The van der Waals surface area contributed by atoms with Gasteiger partial charge in [0.15, 0.2) is 5.82 Å². The number of nitrogens with one attached hydrogen (secondary N) is 2. The maximum Gasteiger partial charge on any atom is 0.339 e. The number of rotatable bonds is 8. The molecule has 2 aromatic carbocycles. The van der Waals surface area contributed by atoms with Gasteiger partial charge < -0.3 is 15.0 Å². The summed E-state index contributed by atoms with van der Waals surface area (Å²) in [7, 11) is 1.35. The second-order valence-electron chi connectivity index (χ2n) is 7.40. The van der Waals surface area contributed by atoms with E-state index in [4.69, 9.17) is 0 Å². The first kappa shape index (κ1) is 24.3. The van der Waals surface area contributed by atoms with Gasteiger partial charge >= 0.3 is 5.97 Å². The van der Waals surface area contributed by atoms with Crippen molar-refractivity contribution >= 4 is 34.5 Å². The Morgan fingerprint density at radius 3 is 2.52 bits per heavy atom. The normalized spacial score (nSPS) is 11.8. The Morgan fingerprint density at radius 1 is 1.15 bits per heavy atom. The second kappa shape index (κ2) is 10.1. The minimum absolute atomic E-state index is 0.0135. The van der Waals surface area contributed by atoms with Gasteiger partial charge in [-0.3, -0.25) is 9.36 Å². The molecule has 0 aliphatic carbocycles. The topological polar surface area (TPSA) is 106 Å². The number of anilines is 3. The summed E-state index contributed by atoms with van der Waals surface area (Å²) in [4.78, 5) is 24.9. The highest BCUT2D eigenvalue weighted by atomic mass is 32.2. The number of halogens is 2. The van der Waals surface area contributed by atoms with Gasteiger partial charge in [0.1, 0.15) is 28.6 Å². The predicted molar refractivity (Wildman–Crippen MR) is 125 cm³/mol. The van der Waals surface area contributed by atoms with E-state index in [1.807, 2.05) is 0 Å². The Balaban J connectivity index is 2.03. The number of aryl methyl sites for hydroxylation is 1. The molecule has 1 aromatic heterocycles. The number of aromatic nitrogens is 1. The fourth-order valence-corrected chi connectivity index (χ4v) is 3.83. The molecule has 0 saturated carbocycles. The van der Waals surface area contributed by atoms with E-state index in [0.29, 0.717) is 5.56 Å². The van der Waals surface area contributed by atoms with E-state index >= 15 is 0 Å². The van der Waals surface area contributed by atoms with Crippen LogP contribution in [0.1, 0.15) is 34.0 Å². The number of pyridine rings is 1. The van der Waals surface area contributed by atoms with Gasteiger partial charge in [0.2, 0.25) is 0 Å². The molecular weight excluding hydrogens is 452 g/mol. The highest BCUT2D eigenvalue weighted by Gasteiger charge is 2.21. The highest BCUT2D eigenvalue weighted by molar-refractivity contribution is 7.92. The van der Waals surface area contributed by atoms with E-state index in [0.717, 1.165) is 10.6 Å². The molecule has 0 bridgehead atoms. The van der Waals surface area contributed by atoms with Crippen molar-refractivity contribution in [3.63, 3.8) is 0 Å². The summed E-state index contributed by atoms with van der Waals surface area (Å²) >= 11 is -1.46. The first-order chi connectivity index (χ1) is 15.6. The van der Waals surface area contributed by atoms with Gasteiger partial charge in [0, 0.05) is 19.0 Å². The number of benzene rings is 2. The van der Waals surface area contributed by atoms with Crippen LogP contribution in [0.25, 0.3) is 0 Å². The maximum atomic E-state index is 14.9. The standard InChI is InChI=1S/C23H23F2N3O4S/c1-4-33(32)27-19-7-5-6-14(20(19)25)11-15-12-16(23(30)31)21(28(3)22(15)29)26-18-9-8-13(2)10-17(18)24/h5-10,12,26-27H,4,11H2,1-3H3,(H,30,31). The first-order valence-corrected chi connectivity index (χ1v) is 11.4. The van der Waals surface area contributed by atoms with E-state index in [2.05, 4.69) is 10.0 Å². The minimum atomic E-state index is -1.46. The minimum Gasteiger partial charge on any atom is -0.593 e. The van der Waals surface area contributed by atoms with Crippen molar-refractivity contribution in [3.8, 4) is 0 Å². The Hall–Kier alpha value is -3.37. The van der Waals surface area contributed by atoms with E-state index in [1.165, 1.54) is 31.3 Å². The van der Waals surface area contributed by atoms with Crippen molar-refractivity contribution in [3.05, 3.63) is 86.7 Å². The van der Waals surface area contributed by atoms with Crippen LogP contribution in [-0.2, 0) is 24.8 Å². The highest BCUT2D eigenvalue weighted by Crippen LogP contribution is 2.25. The molecule has 3 N–H and O–H groups in total. The average Bonchev–Trinajstić information content (AvgIpc) is 2.77. The molecule has 0 aliphatic heterocycles. The van der Waals surface area contributed by atoms with Gasteiger partial charge in [-0.1, -0.05) is 18.2 Å². The van der Waals surface area contributed by atoms with Crippen LogP contribution in [0.4, 0.5) is 26.0 Å². The molecule has 33 heavy (non-hydrogen) atoms. The van der Waals surface area contributed by atoms with Crippen molar-refractivity contribution in [2.45, 2.75) is 20.3 Å². The Kier molecular flexibility index (Phi) is 7.39. The zero-order valence-corrected chi connectivity index (χ0v) is 19.1. The smallest absolute Gasteiger partial charge is 0.339 e. The van der Waals surface area contributed by atoms with Gasteiger partial charge in [-0.2, -0.15) is 0 Å². The molecule has 1 atom stereocenters. The summed E-state index contributed by atoms with van der Waals surface area (Å²) in [5, 5.41) is 12.4. The van der Waals surface area contributed by atoms with E-state index in [-0.39, 0.29) is 46.1 Å². The predicted octanol–water partition coefficient (Wildman–Crippen LogP) is 4.10. The van der Waals surface area contributed by atoms with E-state index in [1.54, 1.807) is 26.0 Å². The fraction of sp³-hybridized carbons (Fsp3) is 0.217. The molecule has 0 aliphatic rings. The van der Waals surface area contributed by atoms with Gasteiger partial charge in [-0.25, -0.2) is 18.3 Å². The molecule has 0 saturated heterocycles. The number of hydrogen-bond donors (Lipinski definition) is 3. The Morgan fingerprint density at radius 2 is 1.88 bits per heavy atom. The van der Waals surface area contributed by atoms with Crippen LogP contribution in [0, 0.1) is 18.6 Å². The summed E-state index contributed by atoms with van der Waals surface area (Å²) in [5.74, 6) is -2.44. The summed E-state index contributed by atoms with van der Waals surface area (Å²) < 4.78 is 44.6. The lowest BCUT2D eigenvalue weighted by Crippen LogP contribution is -2.26. The number of aromatic carboxylic acids is 1. The SMILES string of the molecule is CC[S+]([O-])Nc1cccc(Cc2cc(C(=O)O)c(Nc3ccc(C)cc3F)n(C)c2=O)c1F. The van der Waals surface area contributed by atoms with Crippen molar-refractivity contribution < 1.29 is 23.2 Å². The van der Waals surface area contributed by atoms with Crippen LogP contribution in [0.5, 0.6) is 0 Å². The average molecular weight is 476 g/mol. The molecular formula is C23H23F2N3O4S. The number of carboxylic acid groups (broad SMARTS) is 1. The lowest BCUT2D eigenvalue weighted by molar-refractivity contribution is 0.0697. The number of hydrogen-bond acceptors (Lipinski definition) is 5. The summed E-state index contributed by atoms with van der Waals surface area (Å²) in [6, 6.07) is 9.97. The van der Waals surface area contributed by atoms with Gasteiger partial charge in [-0.15, -0.1) is 0 Å². The molecule has 10 heteroatoms. The molecule has 0 amide bonds. The molecule has 3 rings (SSSR count). The van der Waals surface area contributed by atoms with Gasteiger partial charge in [-0.05, 0) is 49.2 Å². The van der Waals surface area contributed by atoms with Crippen molar-refractivity contribution in [1.29, 1.82) is 0 Å². The molecule has 0 fully saturated rings. The number of carboxylic acids is 1. The van der Waals surface area contributed by atoms with Crippen molar-refractivity contribution in [2.75, 3.05) is 15.8 Å².